The van der Waals surface area contributed by atoms with E-state index in [1.807, 2.05) is 37.9 Å². The number of amides is 1. The first-order chi connectivity index (χ1) is 12.0. The first kappa shape index (κ1) is 17.5. The normalized spacial score (nSPS) is 19.2. The molecule has 1 fully saturated rings. The van der Waals surface area contributed by atoms with Crippen molar-refractivity contribution in [3.63, 3.8) is 0 Å². The number of aromatic amines is 1. The summed E-state index contributed by atoms with van der Waals surface area (Å²) in [6, 6.07) is 3.91. The van der Waals surface area contributed by atoms with E-state index in [0.29, 0.717) is 5.82 Å². The van der Waals surface area contributed by atoms with E-state index in [0.717, 1.165) is 38.4 Å². The van der Waals surface area contributed by atoms with Crippen molar-refractivity contribution in [2.24, 2.45) is 5.92 Å². The van der Waals surface area contributed by atoms with Gasteiger partial charge in [0.05, 0.1) is 0 Å². The maximum atomic E-state index is 12.7. The number of carbonyl (C=O) groups is 1. The first-order valence-corrected chi connectivity index (χ1v) is 8.85. The molecule has 1 atom stereocenters. The van der Waals surface area contributed by atoms with Crippen molar-refractivity contribution in [2.75, 3.05) is 19.6 Å². The number of hydrogen-bond acceptors (Lipinski definition) is 5. The zero-order valence-electron chi connectivity index (χ0n) is 15.1. The number of rotatable bonds is 4. The lowest BCUT2D eigenvalue weighted by Crippen LogP contribution is -2.41. The number of pyridine rings is 1. The lowest BCUT2D eigenvalue weighted by atomic mass is 10.1. The molecule has 2 aromatic heterocycles. The zero-order chi connectivity index (χ0) is 17.8. The van der Waals surface area contributed by atoms with E-state index in [1.54, 1.807) is 6.20 Å². The van der Waals surface area contributed by atoms with Gasteiger partial charge in [0.2, 0.25) is 5.91 Å². The third-order valence-electron chi connectivity index (χ3n) is 4.50. The molecule has 0 aliphatic carbocycles. The lowest BCUT2D eigenvalue weighted by molar-refractivity contribution is -0.137. The fourth-order valence-electron chi connectivity index (χ4n) is 3.27. The van der Waals surface area contributed by atoms with Crippen molar-refractivity contribution < 1.29 is 4.79 Å². The Balaban J connectivity index is 1.83. The second-order valence-corrected chi connectivity index (χ2v) is 6.93. The van der Waals surface area contributed by atoms with Crippen molar-refractivity contribution in [1.82, 2.24) is 30.0 Å². The van der Waals surface area contributed by atoms with Crippen LogP contribution in [0.25, 0.3) is 0 Å². The molecule has 0 aromatic carbocycles. The van der Waals surface area contributed by atoms with Crippen LogP contribution in [0.3, 0.4) is 0 Å². The Morgan fingerprint density at radius 3 is 2.88 bits per heavy atom. The van der Waals surface area contributed by atoms with Crippen molar-refractivity contribution in [1.29, 1.82) is 0 Å². The Bertz CT molecular complexity index is 699. The first-order valence-electron chi connectivity index (χ1n) is 8.85. The predicted octanol–water partition coefficient (Wildman–Crippen LogP) is 1.94. The SMILES string of the molecule is Cc1nc(C2CN(Cc3cccnc3)CCCN2C(=O)C(C)C)n[nH]1. The summed E-state index contributed by atoms with van der Waals surface area (Å²) < 4.78 is 0. The van der Waals surface area contributed by atoms with Crippen molar-refractivity contribution in [2.45, 2.75) is 39.8 Å². The van der Waals surface area contributed by atoms with Gasteiger partial charge in [-0.1, -0.05) is 19.9 Å². The molecule has 3 rings (SSSR count). The molecule has 0 spiro atoms. The molecule has 134 valence electrons. The fraction of sp³-hybridized carbons (Fsp3) is 0.556. The van der Waals surface area contributed by atoms with Crippen LogP contribution in [0.15, 0.2) is 24.5 Å². The molecule has 1 aliphatic rings. The van der Waals surface area contributed by atoms with Gasteiger partial charge in [0.1, 0.15) is 11.9 Å². The molecule has 1 aliphatic heterocycles. The van der Waals surface area contributed by atoms with Gasteiger partial charge in [-0.15, -0.1) is 0 Å². The molecule has 7 heteroatoms. The highest BCUT2D eigenvalue weighted by molar-refractivity contribution is 5.78. The molecule has 3 heterocycles. The summed E-state index contributed by atoms with van der Waals surface area (Å²) in [6.45, 7) is 8.99. The topological polar surface area (TPSA) is 78.0 Å². The van der Waals surface area contributed by atoms with Crippen LogP contribution in [-0.4, -0.2) is 55.5 Å². The lowest BCUT2D eigenvalue weighted by Gasteiger charge is -2.31. The van der Waals surface area contributed by atoms with Crippen LogP contribution >= 0.6 is 0 Å². The van der Waals surface area contributed by atoms with Crippen LogP contribution in [0.1, 0.15) is 43.5 Å². The van der Waals surface area contributed by atoms with Crippen LogP contribution < -0.4 is 0 Å². The van der Waals surface area contributed by atoms with Gasteiger partial charge in [-0.3, -0.25) is 19.8 Å². The largest absolute Gasteiger partial charge is 0.331 e. The molecule has 1 N–H and O–H groups in total. The molecule has 0 radical (unpaired) electrons. The van der Waals surface area contributed by atoms with Gasteiger partial charge >= 0.3 is 0 Å². The van der Waals surface area contributed by atoms with Crippen molar-refractivity contribution >= 4 is 5.91 Å². The monoisotopic (exact) mass is 342 g/mol. The Morgan fingerprint density at radius 1 is 1.40 bits per heavy atom. The quantitative estimate of drug-likeness (QED) is 0.919. The van der Waals surface area contributed by atoms with Crippen LogP contribution in [0.2, 0.25) is 0 Å². The Morgan fingerprint density at radius 2 is 2.24 bits per heavy atom. The van der Waals surface area contributed by atoms with Crippen molar-refractivity contribution in [3.05, 3.63) is 41.7 Å². The minimum absolute atomic E-state index is 0.0348. The summed E-state index contributed by atoms with van der Waals surface area (Å²) in [5.41, 5.74) is 1.18. The fourth-order valence-corrected chi connectivity index (χ4v) is 3.27. The summed E-state index contributed by atoms with van der Waals surface area (Å²) in [6.07, 6.45) is 4.63. The van der Waals surface area contributed by atoms with Gasteiger partial charge in [-0.25, -0.2) is 4.98 Å². The van der Waals surface area contributed by atoms with E-state index in [9.17, 15) is 4.79 Å². The van der Waals surface area contributed by atoms with Crippen molar-refractivity contribution in [3.8, 4) is 0 Å². The summed E-state index contributed by atoms with van der Waals surface area (Å²) in [5.74, 6) is 1.60. The van der Waals surface area contributed by atoms with E-state index in [-0.39, 0.29) is 17.9 Å². The Hall–Kier alpha value is -2.28. The Labute approximate surface area is 148 Å². The molecule has 7 nitrogen and oxygen atoms in total. The van der Waals surface area contributed by atoms with Crippen LogP contribution in [-0.2, 0) is 11.3 Å². The molecule has 1 amide bonds. The van der Waals surface area contributed by atoms with Crippen LogP contribution in [0.5, 0.6) is 0 Å². The highest BCUT2D eigenvalue weighted by Gasteiger charge is 2.33. The molecular weight excluding hydrogens is 316 g/mol. The maximum absolute atomic E-state index is 12.7. The third kappa shape index (κ3) is 4.22. The third-order valence-corrected chi connectivity index (χ3v) is 4.50. The van der Waals surface area contributed by atoms with Gasteiger partial charge in [-0.2, -0.15) is 5.10 Å². The minimum atomic E-state index is -0.126. The number of nitrogens with zero attached hydrogens (tertiary/aromatic N) is 5. The summed E-state index contributed by atoms with van der Waals surface area (Å²) >= 11 is 0. The maximum Gasteiger partial charge on any atom is 0.225 e. The number of H-pyrrole nitrogens is 1. The average molecular weight is 342 g/mol. The van der Waals surface area contributed by atoms with E-state index >= 15 is 0 Å². The second kappa shape index (κ2) is 7.74. The van der Waals surface area contributed by atoms with E-state index in [2.05, 4.69) is 31.1 Å². The van der Waals surface area contributed by atoms with Gasteiger partial charge in [0.25, 0.3) is 0 Å². The predicted molar refractivity (Wildman–Crippen MR) is 94.5 cm³/mol. The van der Waals surface area contributed by atoms with E-state index < -0.39 is 0 Å². The summed E-state index contributed by atoms with van der Waals surface area (Å²) in [7, 11) is 0. The van der Waals surface area contributed by atoms with Gasteiger partial charge in [-0.05, 0) is 25.0 Å². The summed E-state index contributed by atoms with van der Waals surface area (Å²) in [5, 5.41) is 7.26. The summed E-state index contributed by atoms with van der Waals surface area (Å²) in [4.78, 5) is 25.8. The average Bonchev–Trinajstić information content (AvgIpc) is 2.92. The van der Waals surface area contributed by atoms with Crippen LogP contribution in [0.4, 0.5) is 0 Å². The standard InChI is InChI=1S/C18H26N6O/c1-13(2)18(25)24-9-5-8-23(11-15-6-4-7-19-10-15)12-16(24)17-20-14(3)21-22-17/h4,6-7,10,13,16H,5,8-9,11-12H2,1-3H3,(H,20,21,22). The molecule has 25 heavy (non-hydrogen) atoms. The Kier molecular flexibility index (Phi) is 5.43. The highest BCUT2D eigenvalue weighted by atomic mass is 16.2. The van der Waals surface area contributed by atoms with Crippen LogP contribution in [0, 0.1) is 12.8 Å². The van der Waals surface area contributed by atoms with Gasteiger partial charge in [0.15, 0.2) is 5.82 Å². The van der Waals surface area contributed by atoms with E-state index in [4.69, 9.17) is 0 Å². The molecule has 0 saturated carbocycles. The van der Waals surface area contributed by atoms with Gasteiger partial charge < -0.3 is 4.90 Å². The molecule has 1 saturated heterocycles. The number of hydrogen-bond donors (Lipinski definition) is 1. The molecule has 2 aromatic rings. The number of nitrogens with one attached hydrogen (secondary N) is 1. The number of aryl methyl sites for hydroxylation is 1. The number of aromatic nitrogens is 4. The molecule has 0 bridgehead atoms. The van der Waals surface area contributed by atoms with E-state index in [1.165, 1.54) is 5.56 Å². The molecular formula is C18H26N6O. The molecule has 1 unspecified atom stereocenters. The minimum Gasteiger partial charge on any atom is -0.331 e. The number of carbonyl (C=O) groups excluding carboxylic acids is 1. The van der Waals surface area contributed by atoms with Gasteiger partial charge in [0, 0.05) is 44.5 Å². The second-order valence-electron chi connectivity index (χ2n) is 6.93. The smallest absolute Gasteiger partial charge is 0.225 e. The highest BCUT2D eigenvalue weighted by Crippen LogP contribution is 2.25. The zero-order valence-corrected chi connectivity index (χ0v) is 15.1.